The van der Waals surface area contributed by atoms with Crippen molar-refractivity contribution in [2.24, 2.45) is 0 Å². The van der Waals surface area contributed by atoms with Crippen LogP contribution >= 0.6 is 0 Å². The summed E-state index contributed by atoms with van der Waals surface area (Å²) in [7, 11) is -3.74. The summed E-state index contributed by atoms with van der Waals surface area (Å²) in [5.74, 6) is -0.402. The fourth-order valence-corrected chi connectivity index (χ4v) is 8.95. The Morgan fingerprint density at radius 2 is 1.38 bits per heavy atom. The molecule has 0 aliphatic rings. The average molecular weight is 587 g/mol. The Labute approximate surface area is 222 Å². The van der Waals surface area contributed by atoms with Crippen LogP contribution in [0.15, 0.2) is 88.7 Å². The second-order valence-corrected chi connectivity index (χ2v) is 16.0. The first-order valence-corrected chi connectivity index (χ1v) is 16.8. The molecule has 0 heterocycles. The van der Waals surface area contributed by atoms with Gasteiger partial charge in [-0.15, -0.1) is 0 Å². The van der Waals surface area contributed by atoms with E-state index in [-0.39, 0.29) is 20.3 Å². The Kier molecular flexibility index (Phi) is 9.57. The van der Waals surface area contributed by atoms with E-state index in [2.05, 4.69) is 4.89 Å². The first-order chi connectivity index (χ1) is 17.4. The minimum atomic E-state index is -3.74. The van der Waals surface area contributed by atoms with Crippen molar-refractivity contribution < 1.29 is 32.5 Å². The number of hydrogen-bond donors (Lipinski definition) is 0. The number of benzene rings is 3. The van der Waals surface area contributed by atoms with Gasteiger partial charge in [-0.25, -0.2) is 4.79 Å². The second-order valence-electron chi connectivity index (χ2n) is 9.41. The first-order valence-electron chi connectivity index (χ1n) is 11.7. The Bertz CT molecular complexity index is 1300. The van der Waals surface area contributed by atoms with Gasteiger partial charge >= 0.3 is 207 Å². The van der Waals surface area contributed by atoms with Gasteiger partial charge in [0.25, 0.3) is 0 Å². The SMILES string of the molecule is CC(=O)OOc1ccc(S(=O)(=O)c2ccc(CC[As](Cc3ccccc3)C(=O)OC(C)(C)C)cc2)cc1. The minimum absolute atomic E-state index is 0.0934. The molecular formula is C28H31AsO7S. The summed E-state index contributed by atoms with van der Waals surface area (Å²) < 4.78 is 31.7. The standard InChI is InChI=1S/C28H31AsO7S/c1-21(30)35-36-24-12-16-26(17-13-24)37(32,33)25-14-10-22(11-15-25)18-19-29(27(31)34-28(2,3)4)20-23-8-6-5-7-9-23/h5-17H,18-20H2,1-4H3. The molecule has 0 aromatic heterocycles. The number of aryl methyl sites for hydroxylation is 1. The van der Waals surface area contributed by atoms with Crippen LogP contribution in [-0.4, -0.2) is 39.4 Å². The van der Waals surface area contributed by atoms with Crippen LogP contribution in [0.3, 0.4) is 0 Å². The number of hydrogen-bond acceptors (Lipinski definition) is 7. The normalized spacial score (nSPS) is 12.4. The maximum absolute atomic E-state index is 13.0. The number of carbonyl (C=O) groups excluding carboxylic acids is 2. The quantitative estimate of drug-likeness (QED) is 0.171. The Morgan fingerprint density at radius 3 is 1.92 bits per heavy atom. The summed E-state index contributed by atoms with van der Waals surface area (Å²) in [5, 5.41) is 1.43. The van der Waals surface area contributed by atoms with E-state index in [0.717, 1.165) is 11.1 Å². The van der Waals surface area contributed by atoms with Crippen molar-refractivity contribution in [3.63, 3.8) is 0 Å². The predicted octanol–water partition coefficient (Wildman–Crippen LogP) is 5.71. The van der Waals surface area contributed by atoms with Crippen molar-refractivity contribution in [2.75, 3.05) is 0 Å². The zero-order valence-electron chi connectivity index (χ0n) is 21.3. The van der Waals surface area contributed by atoms with Crippen molar-refractivity contribution in [2.45, 2.75) is 59.9 Å². The molecule has 0 saturated heterocycles. The van der Waals surface area contributed by atoms with Crippen molar-refractivity contribution in [3.8, 4) is 5.75 Å². The number of carbonyl (C=O) groups is 2. The van der Waals surface area contributed by atoms with Crippen molar-refractivity contribution in [1.29, 1.82) is 0 Å². The summed E-state index contributed by atoms with van der Waals surface area (Å²) >= 11 is -2.04. The summed E-state index contributed by atoms with van der Waals surface area (Å²) in [6.07, 6.45) is 0.661. The van der Waals surface area contributed by atoms with E-state index >= 15 is 0 Å². The van der Waals surface area contributed by atoms with Crippen LogP contribution in [0.25, 0.3) is 0 Å². The molecule has 0 saturated carbocycles. The van der Waals surface area contributed by atoms with Gasteiger partial charge in [0.15, 0.2) is 0 Å². The first kappa shape index (κ1) is 28.5. The van der Waals surface area contributed by atoms with E-state index in [1.807, 2.05) is 51.1 Å². The number of rotatable bonds is 10. The molecule has 9 heteroatoms. The molecule has 0 bridgehead atoms. The molecule has 7 nitrogen and oxygen atoms in total. The van der Waals surface area contributed by atoms with Crippen LogP contribution in [0.4, 0.5) is 4.79 Å². The molecule has 0 spiro atoms. The molecule has 3 aromatic rings. The van der Waals surface area contributed by atoms with Crippen LogP contribution in [0.2, 0.25) is 5.21 Å². The maximum atomic E-state index is 13.0. The fourth-order valence-electron chi connectivity index (χ4n) is 3.38. The van der Waals surface area contributed by atoms with E-state index in [4.69, 9.17) is 9.62 Å². The van der Waals surface area contributed by atoms with E-state index in [0.29, 0.717) is 16.8 Å². The molecule has 196 valence electrons. The summed E-state index contributed by atoms with van der Waals surface area (Å²) in [4.78, 5) is 33.3. The van der Waals surface area contributed by atoms with Crippen molar-refractivity contribution >= 4 is 35.2 Å². The third kappa shape index (κ3) is 8.76. The molecule has 3 aromatic carbocycles. The van der Waals surface area contributed by atoms with Gasteiger partial charge in [0.05, 0.1) is 0 Å². The van der Waals surface area contributed by atoms with Crippen LogP contribution in [0, 0.1) is 0 Å². The molecule has 0 aliphatic carbocycles. The summed E-state index contributed by atoms with van der Waals surface area (Å²) in [5.41, 5.74) is 1.54. The fraction of sp³-hybridized carbons (Fsp3) is 0.286. The van der Waals surface area contributed by atoms with Gasteiger partial charge in [0.1, 0.15) is 0 Å². The average Bonchev–Trinajstić information content (AvgIpc) is 2.85. The van der Waals surface area contributed by atoms with Crippen LogP contribution in [-0.2, 0) is 35.9 Å². The van der Waals surface area contributed by atoms with Gasteiger partial charge < -0.3 is 0 Å². The van der Waals surface area contributed by atoms with Gasteiger partial charge in [-0.2, -0.15) is 0 Å². The van der Waals surface area contributed by atoms with E-state index < -0.39 is 36.1 Å². The van der Waals surface area contributed by atoms with E-state index in [1.165, 1.54) is 31.2 Å². The molecule has 0 aliphatic heterocycles. The summed E-state index contributed by atoms with van der Waals surface area (Å²) in [6, 6.07) is 22.3. The van der Waals surface area contributed by atoms with Crippen molar-refractivity contribution in [3.05, 3.63) is 90.0 Å². The predicted molar refractivity (Wildman–Crippen MR) is 141 cm³/mol. The van der Waals surface area contributed by atoms with Gasteiger partial charge in [-0.1, -0.05) is 0 Å². The Hall–Kier alpha value is -3.09. The van der Waals surface area contributed by atoms with Gasteiger partial charge in [-0.05, 0) is 0 Å². The van der Waals surface area contributed by atoms with Gasteiger partial charge in [0, 0.05) is 6.92 Å². The zero-order valence-corrected chi connectivity index (χ0v) is 24.0. The molecule has 3 rings (SSSR count). The van der Waals surface area contributed by atoms with E-state index in [9.17, 15) is 18.0 Å². The molecule has 0 amide bonds. The topological polar surface area (TPSA) is 96.0 Å². The zero-order chi connectivity index (χ0) is 27.1. The number of ether oxygens (including phenoxy) is 1. The van der Waals surface area contributed by atoms with Gasteiger partial charge in [0.2, 0.25) is 0 Å². The number of sulfone groups is 1. The molecule has 0 N–H and O–H groups in total. The molecule has 0 fully saturated rings. The second kappa shape index (κ2) is 12.4. The van der Waals surface area contributed by atoms with Gasteiger partial charge in [-0.3, -0.25) is 4.89 Å². The molecule has 1 atom stereocenters. The van der Waals surface area contributed by atoms with Crippen LogP contribution in [0.1, 0.15) is 38.8 Å². The van der Waals surface area contributed by atoms with Crippen molar-refractivity contribution in [1.82, 2.24) is 0 Å². The van der Waals surface area contributed by atoms with Crippen LogP contribution < -0.4 is 4.89 Å². The Morgan fingerprint density at radius 1 is 0.811 bits per heavy atom. The van der Waals surface area contributed by atoms with E-state index in [1.54, 1.807) is 24.3 Å². The third-order valence-corrected chi connectivity index (χ3v) is 11.4. The molecule has 37 heavy (non-hydrogen) atoms. The van der Waals surface area contributed by atoms with Crippen LogP contribution in [0.5, 0.6) is 5.75 Å². The molecular weight excluding hydrogens is 555 g/mol. The Balaban J connectivity index is 1.69. The monoisotopic (exact) mass is 586 g/mol. The molecule has 0 radical (unpaired) electrons. The molecule has 1 unspecified atom stereocenters. The summed E-state index contributed by atoms with van der Waals surface area (Å²) in [6.45, 7) is 6.82. The third-order valence-electron chi connectivity index (χ3n) is 5.16.